The summed E-state index contributed by atoms with van der Waals surface area (Å²) in [6, 6.07) is 8.52. The highest BCUT2D eigenvalue weighted by Crippen LogP contribution is 2.18. The Hall–Kier alpha value is -1.57. The van der Waals surface area contributed by atoms with Crippen LogP contribution in [0.5, 0.6) is 5.75 Å². The van der Waals surface area contributed by atoms with Crippen molar-refractivity contribution in [3.8, 4) is 11.8 Å². The summed E-state index contributed by atoms with van der Waals surface area (Å²) in [7, 11) is 1.59. The van der Waals surface area contributed by atoms with Crippen molar-refractivity contribution in [2.24, 2.45) is 0 Å². The molecule has 1 atom stereocenters. The van der Waals surface area contributed by atoms with Crippen molar-refractivity contribution in [3.63, 3.8) is 0 Å². The maximum absolute atomic E-state index is 9.10. The quantitative estimate of drug-likeness (QED) is 0.873. The summed E-state index contributed by atoms with van der Waals surface area (Å²) in [4.78, 5) is 2.56. The molecule has 1 aliphatic heterocycles. The number of ether oxygens (including phenoxy) is 1. The Balaban J connectivity index is 1.81. The second-order valence-electron chi connectivity index (χ2n) is 5.72. The number of piperidine rings is 1. The second-order valence-corrected chi connectivity index (χ2v) is 5.72. The minimum Gasteiger partial charge on any atom is -0.495 e. The fraction of sp³-hybridized carbons (Fsp3) is 0.588. The van der Waals surface area contributed by atoms with Crippen molar-refractivity contribution >= 4 is 0 Å². The molecule has 0 radical (unpaired) electrons. The molecular formula is C17H25N3O. The standard InChI is InChI=1S/C17H25N3O/c1-14(20-8-4-3-5-9-20)12-19-13-15-6-7-17(21-2)16(10-15)11-18/h6-7,10,14,19H,3-5,8-9,12-13H2,1-2H3. The molecule has 21 heavy (non-hydrogen) atoms. The number of benzene rings is 1. The zero-order valence-corrected chi connectivity index (χ0v) is 13.1. The zero-order chi connectivity index (χ0) is 15.1. The Bertz CT molecular complexity index is 489. The van der Waals surface area contributed by atoms with E-state index in [2.05, 4.69) is 23.2 Å². The normalized spacial score (nSPS) is 17.2. The van der Waals surface area contributed by atoms with Crippen molar-refractivity contribution in [2.45, 2.75) is 38.8 Å². The van der Waals surface area contributed by atoms with Gasteiger partial charge in [0.2, 0.25) is 0 Å². The number of nitrogens with zero attached hydrogens (tertiary/aromatic N) is 2. The third-order valence-electron chi connectivity index (χ3n) is 4.17. The van der Waals surface area contributed by atoms with Gasteiger partial charge in [0.05, 0.1) is 12.7 Å². The van der Waals surface area contributed by atoms with Crippen molar-refractivity contribution in [3.05, 3.63) is 29.3 Å². The van der Waals surface area contributed by atoms with Crippen LogP contribution in [0.25, 0.3) is 0 Å². The van der Waals surface area contributed by atoms with Gasteiger partial charge in [0.15, 0.2) is 0 Å². The van der Waals surface area contributed by atoms with Crippen molar-refractivity contribution < 1.29 is 4.74 Å². The molecule has 2 rings (SSSR count). The van der Waals surface area contributed by atoms with Crippen molar-refractivity contribution in [1.82, 2.24) is 10.2 Å². The predicted octanol–water partition coefficient (Wildman–Crippen LogP) is 2.53. The maximum atomic E-state index is 9.10. The first kappa shape index (κ1) is 15.8. The molecule has 0 aliphatic carbocycles. The summed E-state index contributed by atoms with van der Waals surface area (Å²) < 4.78 is 5.16. The Kier molecular flexibility index (Phi) is 6.04. The van der Waals surface area contributed by atoms with Gasteiger partial charge in [0, 0.05) is 19.1 Å². The Labute approximate surface area is 127 Å². The first-order valence-electron chi connectivity index (χ1n) is 7.76. The van der Waals surface area contributed by atoms with Crippen LogP contribution in [-0.2, 0) is 6.54 Å². The van der Waals surface area contributed by atoms with E-state index in [4.69, 9.17) is 10.00 Å². The minimum absolute atomic E-state index is 0.569. The van der Waals surface area contributed by atoms with E-state index in [9.17, 15) is 0 Å². The van der Waals surface area contributed by atoms with Crippen molar-refractivity contribution in [2.75, 3.05) is 26.7 Å². The molecule has 1 aliphatic rings. The molecule has 1 unspecified atom stereocenters. The Morgan fingerprint density at radius 3 is 2.76 bits per heavy atom. The van der Waals surface area contributed by atoms with E-state index in [1.165, 1.54) is 32.4 Å². The molecule has 0 bridgehead atoms. The van der Waals surface area contributed by atoms with Gasteiger partial charge in [-0.25, -0.2) is 0 Å². The van der Waals surface area contributed by atoms with Crippen LogP contribution in [0, 0.1) is 11.3 Å². The van der Waals surface area contributed by atoms with Gasteiger partial charge in [-0.15, -0.1) is 0 Å². The number of rotatable bonds is 6. The van der Waals surface area contributed by atoms with Gasteiger partial charge >= 0.3 is 0 Å². The molecule has 1 N–H and O–H groups in total. The van der Waals surface area contributed by atoms with E-state index in [1.807, 2.05) is 18.2 Å². The fourth-order valence-electron chi connectivity index (χ4n) is 2.87. The van der Waals surface area contributed by atoms with Gasteiger partial charge in [-0.3, -0.25) is 4.90 Å². The van der Waals surface area contributed by atoms with Crippen molar-refractivity contribution in [1.29, 1.82) is 5.26 Å². The lowest BCUT2D eigenvalue weighted by molar-refractivity contribution is 0.170. The third-order valence-corrected chi connectivity index (χ3v) is 4.17. The van der Waals surface area contributed by atoms with Crippen LogP contribution < -0.4 is 10.1 Å². The summed E-state index contributed by atoms with van der Waals surface area (Å²) in [6.07, 6.45) is 4.03. The average Bonchev–Trinajstić information content (AvgIpc) is 2.55. The van der Waals surface area contributed by atoms with Gasteiger partial charge in [-0.1, -0.05) is 12.5 Å². The molecular weight excluding hydrogens is 262 g/mol. The highest BCUT2D eigenvalue weighted by atomic mass is 16.5. The van der Waals surface area contributed by atoms with Gasteiger partial charge in [-0.05, 0) is 50.6 Å². The average molecular weight is 287 g/mol. The van der Waals surface area contributed by atoms with Crippen LogP contribution in [0.3, 0.4) is 0 Å². The molecule has 1 heterocycles. The lowest BCUT2D eigenvalue weighted by Crippen LogP contribution is -2.42. The first-order valence-corrected chi connectivity index (χ1v) is 7.76. The SMILES string of the molecule is COc1ccc(CNCC(C)N2CCCCC2)cc1C#N. The van der Waals surface area contributed by atoms with Gasteiger partial charge < -0.3 is 10.1 Å². The molecule has 1 saturated heterocycles. The molecule has 0 amide bonds. The zero-order valence-electron chi connectivity index (χ0n) is 13.1. The topological polar surface area (TPSA) is 48.3 Å². The van der Waals surface area contributed by atoms with Gasteiger partial charge in [-0.2, -0.15) is 5.26 Å². The highest BCUT2D eigenvalue weighted by Gasteiger charge is 2.15. The number of nitriles is 1. The maximum Gasteiger partial charge on any atom is 0.136 e. The minimum atomic E-state index is 0.569. The van der Waals surface area contributed by atoms with Crippen LogP contribution in [0.1, 0.15) is 37.3 Å². The Morgan fingerprint density at radius 2 is 2.10 bits per heavy atom. The summed E-state index contributed by atoms with van der Waals surface area (Å²) >= 11 is 0. The predicted molar refractivity (Wildman–Crippen MR) is 84.3 cm³/mol. The molecule has 0 aromatic heterocycles. The Morgan fingerprint density at radius 1 is 1.33 bits per heavy atom. The number of methoxy groups -OCH3 is 1. The summed E-state index contributed by atoms with van der Waals surface area (Å²) in [5.74, 6) is 0.642. The van der Waals surface area contributed by atoms with E-state index >= 15 is 0 Å². The largest absolute Gasteiger partial charge is 0.495 e. The third kappa shape index (κ3) is 4.45. The molecule has 114 valence electrons. The summed E-state index contributed by atoms with van der Waals surface area (Å²) in [5.41, 5.74) is 1.72. The highest BCUT2D eigenvalue weighted by molar-refractivity contribution is 5.45. The molecule has 0 spiro atoms. The molecule has 4 nitrogen and oxygen atoms in total. The number of likely N-dealkylation sites (tertiary alicyclic amines) is 1. The van der Waals surface area contributed by atoms with Gasteiger partial charge in [0.25, 0.3) is 0 Å². The summed E-state index contributed by atoms with van der Waals surface area (Å²) in [5, 5.41) is 12.6. The van der Waals surface area contributed by atoms with Gasteiger partial charge in [0.1, 0.15) is 11.8 Å². The lowest BCUT2D eigenvalue weighted by atomic mass is 10.1. The first-order chi connectivity index (χ1) is 10.2. The van der Waals surface area contributed by atoms with Crippen LogP contribution in [0.15, 0.2) is 18.2 Å². The number of hydrogen-bond acceptors (Lipinski definition) is 4. The lowest BCUT2D eigenvalue weighted by Gasteiger charge is -2.32. The summed E-state index contributed by atoms with van der Waals surface area (Å²) in [6.45, 7) is 6.51. The monoisotopic (exact) mass is 287 g/mol. The van der Waals surface area contributed by atoms with Crippen LogP contribution in [0.2, 0.25) is 0 Å². The fourth-order valence-corrected chi connectivity index (χ4v) is 2.87. The molecule has 1 aromatic rings. The van der Waals surface area contributed by atoms with Crippen LogP contribution in [0.4, 0.5) is 0 Å². The second kappa shape index (κ2) is 8.02. The smallest absolute Gasteiger partial charge is 0.136 e. The molecule has 0 saturated carbocycles. The number of hydrogen-bond donors (Lipinski definition) is 1. The number of nitrogens with one attached hydrogen (secondary N) is 1. The molecule has 1 fully saturated rings. The van der Waals surface area contributed by atoms with Crippen LogP contribution in [-0.4, -0.2) is 37.7 Å². The van der Waals surface area contributed by atoms with E-state index in [1.54, 1.807) is 7.11 Å². The van der Waals surface area contributed by atoms with E-state index in [-0.39, 0.29) is 0 Å². The molecule has 4 heteroatoms. The molecule has 1 aromatic carbocycles. The van der Waals surface area contributed by atoms with E-state index in [0.29, 0.717) is 17.4 Å². The van der Waals surface area contributed by atoms with E-state index in [0.717, 1.165) is 18.7 Å². The van der Waals surface area contributed by atoms with E-state index < -0.39 is 0 Å². The van der Waals surface area contributed by atoms with Crippen LogP contribution >= 0.6 is 0 Å².